The van der Waals surface area contributed by atoms with Crippen molar-refractivity contribution in [1.82, 2.24) is 0 Å². The van der Waals surface area contributed by atoms with Crippen molar-refractivity contribution in [2.75, 3.05) is 40.1 Å². The van der Waals surface area contributed by atoms with E-state index in [0.717, 1.165) is 12.8 Å². The molecule has 0 aliphatic heterocycles. The van der Waals surface area contributed by atoms with Gasteiger partial charge in [0.25, 0.3) is 0 Å². The normalized spacial score (nSPS) is 12.2. The predicted molar refractivity (Wildman–Crippen MR) is 122 cm³/mol. The van der Waals surface area contributed by atoms with Gasteiger partial charge in [0, 0.05) is 7.11 Å². The molecule has 0 aliphatic rings. The third-order valence-electron chi connectivity index (χ3n) is 4.93. The second-order valence-electron chi connectivity index (χ2n) is 8.55. The summed E-state index contributed by atoms with van der Waals surface area (Å²) in [6.45, 7) is 8.90. The number of rotatable bonds is 16. The van der Waals surface area contributed by atoms with Crippen LogP contribution in [0.4, 0.5) is 0 Å². The number of ether oxygens (including phenoxy) is 4. The van der Waals surface area contributed by atoms with E-state index in [2.05, 4.69) is 13.5 Å². The first-order valence-electron chi connectivity index (χ1n) is 11.1. The van der Waals surface area contributed by atoms with E-state index in [4.69, 9.17) is 18.9 Å². The quantitative estimate of drug-likeness (QED) is 0.233. The van der Waals surface area contributed by atoms with Crippen LogP contribution in [-0.2, 0) is 30.2 Å². The molecule has 0 heterocycles. The summed E-state index contributed by atoms with van der Waals surface area (Å²) in [7, 11) is 1.46. The zero-order valence-electron chi connectivity index (χ0n) is 19.9. The number of unbranched alkanes of at least 4 members (excludes halogenated alkanes) is 2. The van der Waals surface area contributed by atoms with Gasteiger partial charge in [-0.1, -0.05) is 38.5 Å². The van der Waals surface area contributed by atoms with Crippen LogP contribution >= 0.6 is 0 Å². The van der Waals surface area contributed by atoms with Crippen LogP contribution in [0.2, 0.25) is 0 Å². The van der Waals surface area contributed by atoms with Gasteiger partial charge in [0.1, 0.15) is 19.0 Å². The minimum atomic E-state index is -1.01. The van der Waals surface area contributed by atoms with Crippen LogP contribution in [-0.4, -0.2) is 57.2 Å². The van der Waals surface area contributed by atoms with Crippen molar-refractivity contribution >= 4 is 11.9 Å². The lowest BCUT2D eigenvalue weighted by molar-refractivity contribution is -0.159. The lowest BCUT2D eigenvalue weighted by Gasteiger charge is -2.23. The summed E-state index contributed by atoms with van der Waals surface area (Å²) < 4.78 is 21.4. The zero-order chi connectivity index (χ0) is 24.0. The van der Waals surface area contributed by atoms with Gasteiger partial charge in [-0.3, -0.25) is 4.79 Å². The number of methoxy groups -OCH3 is 1. The van der Waals surface area contributed by atoms with E-state index in [1.165, 1.54) is 25.5 Å². The molecule has 0 radical (unpaired) electrons. The molecule has 1 unspecified atom stereocenters. The first-order chi connectivity index (χ1) is 15.2. The van der Waals surface area contributed by atoms with Crippen molar-refractivity contribution in [3.8, 4) is 5.75 Å². The molecule has 0 aliphatic carbocycles. The molecule has 7 heteroatoms. The van der Waals surface area contributed by atoms with Crippen molar-refractivity contribution in [1.29, 1.82) is 0 Å². The number of benzene rings is 1. The maximum Gasteiger partial charge on any atom is 0.335 e. The first-order valence-corrected chi connectivity index (χ1v) is 11.1. The van der Waals surface area contributed by atoms with Crippen LogP contribution in [0.15, 0.2) is 36.4 Å². The molecule has 32 heavy (non-hydrogen) atoms. The largest absolute Gasteiger partial charge is 0.493 e. The highest BCUT2D eigenvalue weighted by atomic mass is 16.6. The van der Waals surface area contributed by atoms with Crippen molar-refractivity contribution in [3.63, 3.8) is 0 Å². The molecule has 1 aromatic rings. The molecule has 0 amide bonds. The summed E-state index contributed by atoms with van der Waals surface area (Å²) in [6, 6.07) is 7.90. The number of hydrogen-bond donors (Lipinski definition) is 1. The summed E-state index contributed by atoms with van der Waals surface area (Å²) in [5.41, 5.74) is 0.444. The maximum atomic E-state index is 12.2. The Morgan fingerprint density at radius 1 is 1.06 bits per heavy atom. The second-order valence-corrected chi connectivity index (χ2v) is 8.55. The molecule has 0 saturated carbocycles. The van der Waals surface area contributed by atoms with Gasteiger partial charge in [-0.2, -0.15) is 0 Å². The van der Waals surface area contributed by atoms with Gasteiger partial charge >= 0.3 is 11.9 Å². The zero-order valence-corrected chi connectivity index (χ0v) is 19.9. The predicted octanol–water partition coefficient (Wildman–Crippen LogP) is 3.72. The van der Waals surface area contributed by atoms with E-state index in [1.54, 1.807) is 13.8 Å². The van der Waals surface area contributed by atoms with E-state index in [9.17, 15) is 14.7 Å². The third-order valence-corrected chi connectivity index (χ3v) is 4.93. The van der Waals surface area contributed by atoms with E-state index in [-0.39, 0.29) is 38.6 Å². The first kappa shape index (κ1) is 27.7. The summed E-state index contributed by atoms with van der Waals surface area (Å²) >= 11 is 0. The average molecular weight is 451 g/mol. The molecule has 1 N–H and O–H groups in total. The minimum absolute atomic E-state index is 0.0104. The average Bonchev–Trinajstić information content (AvgIpc) is 2.79. The van der Waals surface area contributed by atoms with Crippen LogP contribution in [0.3, 0.4) is 0 Å². The van der Waals surface area contributed by atoms with Gasteiger partial charge in [-0.25, -0.2) is 4.79 Å². The van der Waals surface area contributed by atoms with Crippen LogP contribution in [0.25, 0.3) is 0 Å². The summed E-state index contributed by atoms with van der Waals surface area (Å²) in [6.07, 6.45) is 4.59. The molecule has 1 aromatic carbocycles. The number of carbonyl (C=O) groups is 2. The van der Waals surface area contributed by atoms with Crippen LogP contribution in [0.1, 0.15) is 45.6 Å². The van der Waals surface area contributed by atoms with E-state index < -0.39 is 23.3 Å². The molecule has 0 aromatic heterocycles. The molecule has 180 valence electrons. The van der Waals surface area contributed by atoms with E-state index >= 15 is 0 Å². The van der Waals surface area contributed by atoms with Crippen LogP contribution in [0.5, 0.6) is 5.75 Å². The molecule has 1 rings (SSSR count). The minimum Gasteiger partial charge on any atom is -0.493 e. The standard InChI is InChI=1S/C25H38O7/c1-6-7-8-9-20-10-12-22(13-11-20)30-15-21(16-31-23(27)19(2)14-29-5)17-32-24(28)25(3,4)18-26/h10-13,21,26H,2,6-9,14-18H2,1,3-5H3. The fourth-order valence-corrected chi connectivity index (χ4v) is 2.67. The fraction of sp³-hybridized carbons (Fsp3) is 0.600. The SMILES string of the molecule is C=C(COC)C(=O)OCC(COC(=O)C(C)(C)CO)COc1ccc(CCCCC)cc1. The Morgan fingerprint density at radius 3 is 2.31 bits per heavy atom. The number of aliphatic hydroxyl groups excluding tert-OH is 1. The molecular weight excluding hydrogens is 412 g/mol. The number of hydrogen-bond acceptors (Lipinski definition) is 7. The van der Waals surface area contributed by atoms with Crippen molar-refractivity contribution in [2.24, 2.45) is 11.3 Å². The van der Waals surface area contributed by atoms with Crippen molar-refractivity contribution in [2.45, 2.75) is 46.5 Å². The molecule has 7 nitrogen and oxygen atoms in total. The molecular formula is C25H38O7. The van der Waals surface area contributed by atoms with Crippen LogP contribution in [0, 0.1) is 11.3 Å². The lowest BCUT2D eigenvalue weighted by atomic mass is 9.95. The van der Waals surface area contributed by atoms with Gasteiger partial charge in [-0.15, -0.1) is 0 Å². The van der Waals surface area contributed by atoms with Gasteiger partial charge in [0.2, 0.25) is 0 Å². The van der Waals surface area contributed by atoms with Crippen molar-refractivity contribution in [3.05, 3.63) is 42.0 Å². The Hall–Kier alpha value is -2.38. The number of esters is 2. The molecule has 0 fully saturated rings. The lowest BCUT2D eigenvalue weighted by Crippen LogP contribution is -2.33. The Bertz CT molecular complexity index is 710. The Labute approximate surface area is 191 Å². The van der Waals surface area contributed by atoms with E-state index in [0.29, 0.717) is 5.75 Å². The smallest absolute Gasteiger partial charge is 0.335 e. The van der Waals surface area contributed by atoms with Gasteiger partial charge in [0.05, 0.1) is 36.7 Å². The summed E-state index contributed by atoms with van der Waals surface area (Å²) in [4.78, 5) is 24.2. The molecule has 1 atom stereocenters. The number of carbonyl (C=O) groups excluding carboxylic acids is 2. The van der Waals surface area contributed by atoms with Crippen LogP contribution < -0.4 is 4.74 Å². The van der Waals surface area contributed by atoms with E-state index in [1.807, 2.05) is 24.3 Å². The Kier molecular flexibility index (Phi) is 12.7. The Balaban J connectivity index is 2.67. The number of aryl methyl sites for hydroxylation is 1. The molecule has 0 spiro atoms. The number of aliphatic hydroxyl groups is 1. The highest BCUT2D eigenvalue weighted by molar-refractivity contribution is 5.87. The van der Waals surface area contributed by atoms with Gasteiger partial charge < -0.3 is 24.1 Å². The molecule has 0 saturated heterocycles. The third kappa shape index (κ3) is 10.3. The van der Waals surface area contributed by atoms with Gasteiger partial charge in [-0.05, 0) is 44.4 Å². The van der Waals surface area contributed by atoms with Gasteiger partial charge in [0.15, 0.2) is 0 Å². The second kappa shape index (κ2) is 14.6. The monoisotopic (exact) mass is 450 g/mol. The highest BCUT2D eigenvalue weighted by Crippen LogP contribution is 2.18. The highest BCUT2D eigenvalue weighted by Gasteiger charge is 2.29. The fourth-order valence-electron chi connectivity index (χ4n) is 2.67. The topological polar surface area (TPSA) is 91.3 Å². The summed E-state index contributed by atoms with van der Waals surface area (Å²) in [5, 5.41) is 9.34. The maximum absolute atomic E-state index is 12.2. The Morgan fingerprint density at radius 2 is 1.72 bits per heavy atom. The van der Waals surface area contributed by atoms with Crippen molar-refractivity contribution < 1.29 is 33.6 Å². The summed E-state index contributed by atoms with van der Waals surface area (Å²) in [5.74, 6) is -0.810. The molecule has 0 bridgehead atoms.